The van der Waals surface area contributed by atoms with Gasteiger partial charge in [0.15, 0.2) is 5.96 Å². The molecule has 166 valence electrons. The molecule has 1 fully saturated rings. The number of hydrogen-bond acceptors (Lipinski definition) is 5. The number of rotatable bonds is 8. The minimum absolute atomic E-state index is 0. The SMILES string of the molecule is CCNC(=NCC(C)N(C)Cc1ccccc1)N1CCN(Cc2ccon2)CC1.I. The molecule has 0 aliphatic carbocycles. The molecular formula is C22H35IN6O. The van der Waals surface area contributed by atoms with E-state index in [2.05, 4.69) is 76.4 Å². The van der Waals surface area contributed by atoms with Crippen LogP contribution in [-0.2, 0) is 13.1 Å². The summed E-state index contributed by atoms with van der Waals surface area (Å²) in [6.07, 6.45) is 1.64. The minimum atomic E-state index is 0. The summed E-state index contributed by atoms with van der Waals surface area (Å²) in [5.41, 5.74) is 2.33. The van der Waals surface area contributed by atoms with Crippen molar-refractivity contribution in [1.29, 1.82) is 0 Å². The summed E-state index contributed by atoms with van der Waals surface area (Å²) in [6, 6.07) is 12.9. The fraction of sp³-hybridized carbons (Fsp3) is 0.545. The van der Waals surface area contributed by atoms with Gasteiger partial charge in [0, 0.05) is 57.9 Å². The smallest absolute Gasteiger partial charge is 0.194 e. The molecule has 1 aliphatic rings. The van der Waals surface area contributed by atoms with Crippen LogP contribution in [0.5, 0.6) is 0 Å². The number of nitrogens with zero attached hydrogens (tertiary/aromatic N) is 5. The molecule has 7 nitrogen and oxygen atoms in total. The summed E-state index contributed by atoms with van der Waals surface area (Å²) < 4.78 is 4.94. The molecule has 1 unspecified atom stereocenters. The van der Waals surface area contributed by atoms with Crippen molar-refractivity contribution in [1.82, 2.24) is 25.2 Å². The second kappa shape index (κ2) is 12.9. The van der Waals surface area contributed by atoms with Crippen molar-refractivity contribution in [2.24, 2.45) is 4.99 Å². The van der Waals surface area contributed by atoms with Crippen LogP contribution in [-0.4, -0.2) is 78.2 Å². The zero-order valence-electron chi connectivity index (χ0n) is 18.3. The average Bonchev–Trinajstić information content (AvgIpc) is 3.25. The largest absolute Gasteiger partial charge is 0.364 e. The Bertz CT molecular complexity index is 731. The highest BCUT2D eigenvalue weighted by Gasteiger charge is 2.20. The van der Waals surface area contributed by atoms with Gasteiger partial charge in [0.2, 0.25) is 0 Å². The Kier molecular flexibility index (Phi) is 10.6. The second-order valence-corrected chi connectivity index (χ2v) is 7.70. The van der Waals surface area contributed by atoms with Gasteiger partial charge in [0.05, 0.1) is 12.2 Å². The van der Waals surface area contributed by atoms with Crippen LogP contribution in [0, 0.1) is 0 Å². The maximum absolute atomic E-state index is 4.94. The van der Waals surface area contributed by atoms with E-state index in [1.165, 1.54) is 5.56 Å². The highest BCUT2D eigenvalue weighted by Crippen LogP contribution is 2.09. The van der Waals surface area contributed by atoms with Crippen molar-refractivity contribution < 1.29 is 4.52 Å². The summed E-state index contributed by atoms with van der Waals surface area (Å²) in [5.74, 6) is 1.02. The molecule has 0 saturated carbocycles. The Morgan fingerprint density at radius 1 is 1.20 bits per heavy atom. The monoisotopic (exact) mass is 526 g/mol. The van der Waals surface area contributed by atoms with Gasteiger partial charge in [-0.1, -0.05) is 35.5 Å². The molecule has 1 aromatic carbocycles. The molecular weight excluding hydrogens is 491 g/mol. The van der Waals surface area contributed by atoms with E-state index in [1.807, 2.05) is 6.07 Å². The van der Waals surface area contributed by atoms with Crippen LogP contribution in [0.15, 0.2) is 52.2 Å². The third-order valence-corrected chi connectivity index (χ3v) is 5.42. The summed E-state index contributed by atoms with van der Waals surface area (Å²) in [7, 11) is 2.17. The quantitative estimate of drug-likeness (QED) is 0.325. The number of aliphatic imine (C=N–C) groups is 1. The molecule has 8 heteroatoms. The molecule has 0 radical (unpaired) electrons. The molecule has 0 amide bonds. The first-order valence-corrected chi connectivity index (χ1v) is 10.5. The van der Waals surface area contributed by atoms with E-state index in [1.54, 1.807) is 6.26 Å². The maximum atomic E-state index is 4.94. The normalized spacial score (nSPS) is 16.4. The highest BCUT2D eigenvalue weighted by atomic mass is 127. The molecule has 3 rings (SSSR count). The number of piperazine rings is 1. The van der Waals surface area contributed by atoms with E-state index in [9.17, 15) is 0 Å². The fourth-order valence-electron chi connectivity index (χ4n) is 3.48. The van der Waals surface area contributed by atoms with E-state index in [4.69, 9.17) is 9.52 Å². The van der Waals surface area contributed by atoms with Crippen LogP contribution in [0.2, 0.25) is 0 Å². The molecule has 1 atom stereocenters. The van der Waals surface area contributed by atoms with Gasteiger partial charge >= 0.3 is 0 Å². The van der Waals surface area contributed by atoms with Crippen molar-refractivity contribution in [3.05, 3.63) is 53.9 Å². The molecule has 0 spiro atoms. The van der Waals surface area contributed by atoms with Gasteiger partial charge in [-0.2, -0.15) is 0 Å². The molecule has 1 aliphatic heterocycles. The van der Waals surface area contributed by atoms with E-state index in [0.717, 1.165) is 64.0 Å². The lowest BCUT2D eigenvalue weighted by Gasteiger charge is -2.36. The van der Waals surface area contributed by atoms with Gasteiger partial charge in [-0.05, 0) is 26.5 Å². The van der Waals surface area contributed by atoms with Crippen LogP contribution in [0.4, 0.5) is 0 Å². The van der Waals surface area contributed by atoms with Crippen LogP contribution in [0.3, 0.4) is 0 Å². The highest BCUT2D eigenvalue weighted by molar-refractivity contribution is 14.0. The van der Waals surface area contributed by atoms with E-state index in [0.29, 0.717) is 6.04 Å². The Morgan fingerprint density at radius 2 is 1.93 bits per heavy atom. The van der Waals surface area contributed by atoms with Crippen molar-refractivity contribution in [2.75, 3.05) is 46.3 Å². The third-order valence-electron chi connectivity index (χ3n) is 5.42. The summed E-state index contributed by atoms with van der Waals surface area (Å²) in [5, 5.41) is 7.49. The van der Waals surface area contributed by atoms with Gasteiger partial charge in [-0.3, -0.25) is 14.8 Å². The Morgan fingerprint density at radius 3 is 2.57 bits per heavy atom. The second-order valence-electron chi connectivity index (χ2n) is 7.70. The zero-order chi connectivity index (χ0) is 20.5. The molecule has 0 bridgehead atoms. The Hall–Kier alpha value is -1.65. The predicted octanol–water partition coefficient (Wildman–Crippen LogP) is 2.90. The zero-order valence-corrected chi connectivity index (χ0v) is 20.7. The standard InChI is InChI=1S/C22H34N6O.HI/c1-4-23-22(24-16-19(2)26(3)17-20-8-6-5-7-9-20)28-13-11-27(12-14-28)18-21-10-15-29-25-21;/h5-10,15,19H,4,11-14,16-18H2,1-3H3,(H,23,24);1H. The first-order chi connectivity index (χ1) is 14.2. The molecule has 1 aromatic heterocycles. The average molecular weight is 526 g/mol. The number of likely N-dealkylation sites (N-methyl/N-ethyl adjacent to an activating group) is 1. The lowest BCUT2D eigenvalue weighted by molar-refractivity contribution is 0.168. The van der Waals surface area contributed by atoms with Gasteiger partial charge in [-0.25, -0.2) is 0 Å². The number of aromatic nitrogens is 1. The summed E-state index contributed by atoms with van der Waals surface area (Å²) in [6.45, 7) is 11.8. The number of halogens is 1. The first kappa shape index (κ1) is 24.6. The van der Waals surface area contributed by atoms with E-state index >= 15 is 0 Å². The maximum Gasteiger partial charge on any atom is 0.194 e. The molecule has 2 aromatic rings. The molecule has 2 heterocycles. The summed E-state index contributed by atoms with van der Waals surface area (Å²) in [4.78, 5) is 12.1. The van der Waals surface area contributed by atoms with Crippen LogP contribution in [0.25, 0.3) is 0 Å². The fourth-order valence-corrected chi connectivity index (χ4v) is 3.48. The van der Waals surface area contributed by atoms with Crippen molar-refractivity contribution >= 4 is 29.9 Å². The van der Waals surface area contributed by atoms with Gasteiger partial charge in [0.1, 0.15) is 6.26 Å². The van der Waals surface area contributed by atoms with Crippen LogP contribution < -0.4 is 5.32 Å². The Labute approximate surface area is 197 Å². The Balaban J connectivity index is 0.00000320. The number of nitrogens with one attached hydrogen (secondary N) is 1. The number of guanidine groups is 1. The first-order valence-electron chi connectivity index (χ1n) is 10.5. The third kappa shape index (κ3) is 7.55. The van der Waals surface area contributed by atoms with Gasteiger partial charge in [0.25, 0.3) is 0 Å². The predicted molar refractivity (Wildman–Crippen MR) is 132 cm³/mol. The van der Waals surface area contributed by atoms with Crippen molar-refractivity contribution in [3.63, 3.8) is 0 Å². The molecule has 1 N–H and O–H groups in total. The molecule has 1 saturated heterocycles. The van der Waals surface area contributed by atoms with Crippen molar-refractivity contribution in [2.45, 2.75) is 33.0 Å². The molecule has 30 heavy (non-hydrogen) atoms. The minimum Gasteiger partial charge on any atom is -0.364 e. The number of benzene rings is 1. The van der Waals surface area contributed by atoms with E-state index in [-0.39, 0.29) is 24.0 Å². The summed E-state index contributed by atoms with van der Waals surface area (Å²) >= 11 is 0. The number of hydrogen-bond donors (Lipinski definition) is 1. The van der Waals surface area contributed by atoms with Crippen molar-refractivity contribution in [3.8, 4) is 0 Å². The van der Waals surface area contributed by atoms with Gasteiger partial charge in [-0.15, -0.1) is 24.0 Å². The van der Waals surface area contributed by atoms with Crippen LogP contribution >= 0.6 is 24.0 Å². The lowest BCUT2D eigenvalue weighted by atomic mass is 10.2. The van der Waals surface area contributed by atoms with E-state index < -0.39 is 0 Å². The van der Waals surface area contributed by atoms with Gasteiger partial charge < -0.3 is 14.7 Å². The lowest BCUT2D eigenvalue weighted by Crippen LogP contribution is -2.52. The van der Waals surface area contributed by atoms with Crippen LogP contribution in [0.1, 0.15) is 25.1 Å². The topological polar surface area (TPSA) is 60.1 Å².